The molecule has 106 valence electrons. The molecule has 1 aromatic heterocycles. The van der Waals surface area contributed by atoms with E-state index in [1.807, 2.05) is 6.92 Å². The van der Waals surface area contributed by atoms with E-state index in [1.165, 1.54) is 19.4 Å². The third kappa shape index (κ3) is 3.24. The molecule has 0 saturated carbocycles. The van der Waals surface area contributed by atoms with Gasteiger partial charge < -0.3 is 14.5 Å². The van der Waals surface area contributed by atoms with E-state index in [9.17, 15) is 9.18 Å². The second kappa shape index (κ2) is 6.34. The van der Waals surface area contributed by atoms with Crippen LogP contribution in [-0.2, 0) is 11.3 Å². The second-order valence-electron chi connectivity index (χ2n) is 4.42. The Balaban J connectivity index is 1.97. The molecule has 1 unspecified atom stereocenters. The van der Waals surface area contributed by atoms with Crippen molar-refractivity contribution in [1.82, 2.24) is 5.32 Å². The summed E-state index contributed by atoms with van der Waals surface area (Å²) in [5.41, 5.74) is 0.954. The quantitative estimate of drug-likeness (QED) is 0.853. The average Bonchev–Trinajstić information content (AvgIpc) is 2.93. The van der Waals surface area contributed by atoms with Crippen LogP contribution in [0.3, 0.4) is 0 Å². The third-order valence-corrected chi connectivity index (χ3v) is 3.03. The van der Waals surface area contributed by atoms with Crippen LogP contribution in [0.2, 0.25) is 0 Å². The van der Waals surface area contributed by atoms with Gasteiger partial charge in [-0.25, -0.2) is 9.18 Å². The van der Waals surface area contributed by atoms with Crippen LogP contribution in [0.15, 0.2) is 41.0 Å². The zero-order valence-electron chi connectivity index (χ0n) is 11.4. The Bertz CT molecular complexity index is 594. The summed E-state index contributed by atoms with van der Waals surface area (Å²) in [7, 11) is 1.31. The second-order valence-corrected chi connectivity index (χ2v) is 4.42. The summed E-state index contributed by atoms with van der Waals surface area (Å²) in [5, 5.41) is 3.14. The summed E-state index contributed by atoms with van der Waals surface area (Å²) < 4.78 is 23.4. The minimum atomic E-state index is -0.442. The van der Waals surface area contributed by atoms with Gasteiger partial charge in [0.15, 0.2) is 0 Å². The molecule has 0 fully saturated rings. The van der Waals surface area contributed by atoms with E-state index in [4.69, 9.17) is 4.42 Å². The number of carbonyl (C=O) groups is 1. The van der Waals surface area contributed by atoms with Gasteiger partial charge >= 0.3 is 5.97 Å². The highest BCUT2D eigenvalue weighted by molar-refractivity contribution is 5.88. The van der Waals surface area contributed by atoms with Crippen LogP contribution >= 0.6 is 0 Å². The predicted molar refractivity (Wildman–Crippen MR) is 71.7 cm³/mol. The largest absolute Gasteiger partial charge is 0.467 e. The predicted octanol–water partition coefficient (Wildman–Crippen LogP) is 3.06. The normalized spacial score (nSPS) is 12.2. The van der Waals surface area contributed by atoms with Crippen molar-refractivity contribution < 1.29 is 18.3 Å². The van der Waals surface area contributed by atoms with Crippen molar-refractivity contribution in [1.29, 1.82) is 0 Å². The topological polar surface area (TPSA) is 51.5 Å². The summed E-state index contributed by atoms with van der Waals surface area (Å²) in [6, 6.07) is 8.04. The van der Waals surface area contributed by atoms with Crippen molar-refractivity contribution in [2.24, 2.45) is 0 Å². The number of methoxy groups -OCH3 is 1. The number of benzene rings is 1. The number of esters is 1. The Labute approximate surface area is 116 Å². The van der Waals surface area contributed by atoms with E-state index >= 15 is 0 Å². The van der Waals surface area contributed by atoms with Crippen molar-refractivity contribution in [3.63, 3.8) is 0 Å². The molecule has 0 spiro atoms. The fraction of sp³-hybridized carbons (Fsp3) is 0.267. The zero-order valence-corrected chi connectivity index (χ0v) is 11.4. The van der Waals surface area contributed by atoms with Crippen molar-refractivity contribution in [2.45, 2.75) is 19.5 Å². The van der Waals surface area contributed by atoms with Gasteiger partial charge in [0.25, 0.3) is 0 Å². The Morgan fingerprint density at radius 1 is 1.45 bits per heavy atom. The van der Waals surface area contributed by atoms with Crippen LogP contribution in [-0.4, -0.2) is 13.1 Å². The summed E-state index contributed by atoms with van der Waals surface area (Å²) in [5.74, 6) is -0.0991. The molecule has 0 bridgehead atoms. The van der Waals surface area contributed by atoms with Gasteiger partial charge in [-0.3, -0.25) is 0 Å². The summed E-state index contributed by atoms with van der Waals surface area (Å²) >= 11 is 0. The van der Waals surface area contributed by atoms with E-state index in [1.54, 1.807) is 24.3 Å². The van der Waals surface area contributed by atoms with Crippen LogP contribution in [0.4, 0.5) is 4.39 Å². The van der Waals surface area contributed by atoms with E-state index in [0.717, 1.165) is 0 Å². The molecule has 0 aliphatic heterocycles. The monoisotopic (exact) mass is 277 g/mol. The van der Waals surface area contributed by atoms with Gasteiger partial charge in [0.2, 0.25) is 0 Å². The molecule has 0 radical (unpaired) electrons. The highest BCUT2D eigenvalue weighted by Gasteiger charge is 2.13. The highest BCUT2D eigenvalue weighted by Crippen LogP contribution is 2.17. The van der Waals surface area contributed by atoms with Gasteiger partial charge in [0.05, 0.1) is 19.2 Å². The maximum atomic E-state index is 13.6. The van der Waals surface area contributed by atoms with Gasteiger partial charge in [-0.15, -0.1) is 0 Å². The molecule has 1 atom stereocenters. The maximum absolute atomic E-state index is 13.6. The molecule has 0 aliphatic carbocycles. The molecule has 0 amide bonds. The number of hydrogen-bond acceptors (Lipinski definition) is 4. The molecule has 5 heteroatoms. The summed E-state index contributed by atoms with van der Waals surface area (Å²) in [4.78, 5) is 11.3. The number of rotatable bonds is 5. The smallest absolute Gasteiger partial charge is 0.341 e. The molecule has 0 aliphatic rings. The average molecular weight is 277 g/mol. The van der Waals surface area contributed by atoms with Gasteiger partial charge in [-0.2, -0.15) is 0 Å². The third-order valence-electron chi connectivity index (χ3n) is 3.03. The Morgan fingerprint density at radius 3 is 2.90 bits per heavy atom. The first kappa shape index (κ1) is 14.3. The molecular formula is C15H16FNO3. The minimum Gasteiger partial charge on any atom is -0.467 e. The molecular weight excluding hydrogens is 261 g/mol. The summed E-state index contributed by atoms with van der Waals surface area (Å²) in [6.45, 7) is 2.26. The number of carbonyl (C=O) groups excluding carboxylic acids is 1. The number of ether oxygens (including phenoxy) is 1. The minimum absolute atomic E-state index is 0.164. The standard InChI is InChI=1S/C15H16FNO3/c1-10(13-5-3-4-6-14(13)16)17-8-12-7-11(9-20-12)15(18)19-2/h3-7,9-10,17H,8H2,1-2H3. The summed E-state index contributed by atoms with van der Waals surface area (Å²) in [6.07, 6.45) is 1.34. The van der Waals surface area contributed by atoms with Gasteiger partial charge in [0, 0.05) is 11.6 Å². The molecule has 20 heavy (non-hydrogen) atoms. The van der Waals surface area contributed by atoms with Crippen LogP contribution in [0.5, 0.6) is 0 Å². The molecule has 1 N–H and O–H groups in total. The van der Waals surface area contributed by atoms with Crippen LogP contribution in [0.1, 0.15) is 34.6 Å². The van der Waals surface area contributed by atoms with Crippen LogP contribution in [0, 0.1) is 5.82 Å². The molecule has 1 aromatic carbocycles. The highest BCUT2D eigenvalue weighted by atomic mass is 19.1. The number of nitrogens with one attached hydrogen (secondary N) is 1. The maximum Gasteiger partial charge on any atom is 0.341 e. The SMILES string of the molecule is COC(=O)c1coc(CNC(C)c2ccccc2F)c1. The van der Waals surface area contributed by atoms with Gasteiger partial charge in [0.1, 0.15) is 17.8 Å². The first-order valence-electron chi connectivity index (χ1n) is 6.25. The molecule has 2 aromatic rings. The molecule has 2 rings (SSSR count). The van der Waals surface area contributed by atoms with Crippen molar-refractivity contribution in [2.75, 3.05) is 7.11 Å². The lowest BCUT2D eigenvalue weighted by Crippen LogP contribution is -2.18. The molecule has 4 nitrogen and oxygen atoms in total. The zero-order chi connectivity index (χ0) is 14.5. The lowest BCUT2D eigenvalue weighted by Gasteiger charge is -2.13. The number of furan rings is 1. The van der Waals surface area contributed by atoms with Crippen molar-refractivity contribution in [3.8, 4) is 0 Å². The van der Waals surface area contributed by atoms with Crippen molar-refractivity contribution in [3.05, 3.63) is 59.3 Å². The number of hydrogen-bond donors (Lipinski definition) is 1. The Morgan fingerprint density at radius 2 is 2.20 bits per heavy atom. The van der Waals surface area contributed by atoms with E-state index in [2.05, 4.69) is 10.1 Å². The lowest BCUT2D eigenvalue weighted by molar-refractivity contribution is 0.0600. The van der Waals surface area contributed by atoms with E-state index in [0.29, 0.717) is 23.4 Å². The lowest BCUT2D eigenvalue weighted by atomic mass is 10.1. The first-order valence-corrected chi connectivity index (χ1v) is 6.25. The molecule has 1 heterocycles. The van der Waals surface area contributed by atoms with E-state index < -0.39 is 5.97 Å². The first-order chi connectivity index (χ1) is 9.61. The van der Waals surface area contributed by atoms with Crippen LogP contribution in [0.25, 0.3) is 0 Å². The van der Waals surface area contributed by atoms with E-state index in [-0.39, 0.29) is 11.9 Å². The van der Waals surface area contributed by atoms with Gasteiger partial charge in [-0.1, -0.05) is 18.2 Å². The van der Waals surface area contributed by atoms with Crippen LogP contribution < -0.4 is 5.32 Å². The van der Waals surface area contributed by atoms with Gasteiger partial charge in [-0.05, 0) is 19.1 Å². The Hall–Kier alpha value is -2.14. The fourth-order valence-corrected chi connectivity index (χ4v) is 1.89. The fourth-order valence-electron chi connectivity index (χ4n) is 1.89. The van der Waals surface area contributed by atoms with Crippen molar-refractivity contribution >= 4 is 5.97 Å². The molecule has 0 saturated heterocycles. The number of halogens is 1. The Kier molecular flexibility index (Phi) is 4.53.